The average Bonchev–Trinajstić information content (AvgIpc) is 3.14. The van der Waals surface area contributed by atoms with Crippen LogP contribution in [0.2, 0.25) is 0 Å². The summed E-state index contributed by atoms with van der Waals surface area (Å²) >= 11 is 0. The van der Waals surface area contributed by atoms with Gasteiger partial charge < -0.3 is 24.9 Å². The number of benzene rings is 2. The molecule has 0 radical (unpaired) electrons. The molecule has 1 heterocycles. The Hall–Kier alpha value is -2.05. The lowest BCUT2D eigenvalue weighted by Gasteiger charge is -2.26. The molecule has 0 spiro atoms. The van der Waals surface area contributed by atoms with Crippen molar-refractivity contribution in [1.29, 1.82) is 0 Å². The molecule has 2 aromatic carbocycles. The number of fused-ring (bicyclic) bond motifs is 2. The van der Waals surface area contributed by atoms with Crippen LogP contribution < -0.4 is 10.1 Å². The maximum Gasteiger partial charge on any atom is 0.128 e. The van der Waals surface area contributed by atoms with Crippen LogP contribution in [0, 0.1) is 0 Å². The molecule has 1 aliphatic carbocycles. The van der Waals surface area contributed by atoms with Crippen molar-refractivity contribution in [3.63, 3.8) is 0 Å². The first-order chi connectivity index (χ1) is 13.7. The van der Waals surface area contributed by atoms with E-state index in [9.17, 15) is 5.11 Å². The van der Waals surface area contributed by atoms with Crippen molar-refractivity contribution in [2.75, 3.05) is 20.3 Å². The lowest BCUT2D eigenvalue weighted by Crippen LogP contribution is -2.40. The van der Waals surface area contributed by atoms with Gasteiger partial charge in [0, 0.05) is 36.3 Å². The number of aryl methyl sites for hydroxylation is 1. The van der Waals surface area contributed by atoms with Crippen LogP contribution in [0.3, 0.4) is 0 Å². The maximum atomic E-state index is 10.4. The van der Waals surface area contributed by atoms with E-state index in [4.69, 9.17) is 9.47 Å². The van der Waals surface area contributed by atoms with Crippen LogP contribution in [0.1, 0.15) is 23.2 Å². The monoisotopic (exact) mass is 416 g/mol. The van der Waals surface area contributed by atoms with Gasteiger partial charge in [-0.25, -0.2) is 0 Å². The number of halogens is 1. The molecule has 0 saturated carbocycles. The molecule has 5 nitrogen and oxygen atoms in total. The fraction of sp³-hybridized carbons (Fsp3) is 0.391. The van der Waals surface area contributed by atoms with E-state index in [2.05, 4.69) is 34.6 Å². The van der Waals surface area contributed by atoms with E-state index in [-0.39, 0.29) is 19.0 Å². The average molecular weight is 417 g/mol. The molecule has 2 atom stereocenters. The van der Waals surface area contributed by atoms with Crippen molar-refractivity contribution < 1.29 is 14.6 Å². The lowest BCUT2D eigenvalue weighted by atomic mass is 9.88. The van der Waals surface area contributed by atoms with Gasteiger partial charge in [0.25, 0.3) is 0 Å². The highest BCUT2D eigenvalue weighted by atomic mass is 35.5. The Morgan fingerprint density at radius 2 is 2.00 bits per heavy atom. The predicted molar refractivity (Wildman–Crippen MR) is 118 cm³/mol. The van der Waals surface area contributed by atoms with Crippen LogP contribution in [0.25, 0.3) is 10.9 Å². The second kappa shape index (κ2) is 10.1. The van der Waals surface area contributed by atoms with Gasteiger partial charge in [-0.1, -0.05) is 30.3 Å². The summed E-state index contributed by atoms with van der Waals surface area (Å²) in [7, 11) is 1.68. The largest absolute Gasteiger partial charge is 0.490 e. The number of ether oxygens (including phenoxy) is 2. The van der Waals surface area contributed by atoms with Crippen LogP contribution in [-0.4, -0.2) is 42.5 Å². The van der Waals surface area contributed by atoms with E-state index in [1.54, 1.807) is 7.11 Å². The molecule has 0 aliphatic heterocycles. The first-order valence-electron chi connectivity index (χ1n) is 9.93. The molecule has 0 fully saturated rings. The zero-order valence-corrected chi connectivity index (χ0v) is 17.5. The SMILES string of the molecule is COCc1cc2c(OCC(O)CNC3CCc4ccccc4C3)cccc2[nH]1.Cl. The maximum absolute atomic E-state index is 10.4. The minimum atomic E-state index is -0.551. The summed E-state index contributed by atoms with van der Waals surface area (Å²) in [6, 6.07) is 17.0. The minimum Gasteiger partial charge on any atom is -0.490 e. The quantitative estimate of drug-likeness (QED) is 0.524. The fourth-order valence-electron chi connectivity index (χ4n) is 3.96. The molecule has 6 heteroatoms. The molecule has 3 N–H and O–H groups in total. The van der Waals surface area contributed by atoms with E-state index in [0.29, 0.717) is 19.2 Å². The molecule has 3 aromatic rings. The Bertz CT molecular complexity index is 927. The third-order valence-corrected chi connectivity index (χ3v) is 5.40. The smallest absolute Gasteiger partial charge is 0.128 e. The predicted octanol–water partition coefficient (Wildman–Crippen LogP) is 3.62. The topological polar surface area (TPSA) is 66.5 Å². The number of hydrogen-bond acceptors (Lipinski definition) is 4. The van der Waals surface area contributed by atoms with Gasteiger partial charge in [-0.15, -0.1) is 12.4 Å². The van der Waals surface area contributed by atoms with Gasteiger partial charge in [-0.05, 0) is 48.6 Å². The van der Waals surface area contributed by atoms with Crippen LogP contribution in [0.5, 0.6) is 5.75 Å². The number of nitrogens with one attached hydrogen (secondary N) is 2. The van der Waals surface area contributed by atoms with Crippen molar-refractivity contribution in [2.24, 2.45) is 0 Å². The number of aliphatic hydroxyl groups is 1. The molecule has 156 valence electrons. The third-order valence-electron chi connectivity index (χ3n) is 5.40. The third kappa shape index (κ3) is 5.31. The summed E-state index contributed by atoms with van der Waals surface area (Å²) < 4.78 is 11.1. The van der Waals surface area contributed by atoms with Gasteiger partial charge in [-0.2, -0.15) is 0 Å². The first-order valence-corrected chi connectivity index (χ1v) is 9.93. The van der Waals surface area contributed by atoms with Gasteiger partial charge >= 0.3 is 0 Å². The molecule has 29 heavy (non-hydrogen) atoms. The molecule has 0 saturated heterocycles. The molecular formula is C23H29ClN2O3. The molecule has 0 amide bonds. The Kier molecular flexibility index (Phi) is 7.56. The summed E-state index contributed by atoms with van der Waals surface area (Å²) in [5, 5.41) is 14.9. The van der Waals surface area contributed by atoms with E-state index >= 15 is 0 Å². The lowest BCUT2D eigenvalue weighted by molar-refractivity contribution is 0.104. The summed E-state index contributed by atoms with van der Waals surface area (Å²) in [5.74, 6) is 0.779. The number of rotatable bonds is 8. The number of methoxy groups -OCH3 is 1. The molecule has 1 aromatic heterocycles. The van der Waals surface area contributed by atoms with Crippen molar-refractivity contribution >= 4 is 23.3 Å². The van der Waals surface area contributed by atoms with Gasteiger partial charge in [0.15, 0.2) is 0 Å². The number of aromatic amines is 1. The van der Waals surface area contributed by atoms with Crippen LogP contribution in [0.4, 0.5) is 0 Å². The zero-order chi connectivity index (χ0) is 19.3. The minimum absolute atomic E-state index is 0. The Morgan fingerprint density at radius 3 is 2.83 bits per heavy atom. The molecule has 0 bridgehead atoms. The number of hydrogen-bond donors (Lipinski definition) is 3. The molecule has 1 aliphatic rings. The summed E-state index contributed by atoms with van der Waals surface area (Å²) in [6.07, 6.45) is 2.68. The number of aliphatic hydroxyl groups excluding tert-OH is 1. The highest BCUT2D eigenvalue weighted by molar-refractivity contribution is 5.86. The van der Waals surface area contributed by atoms with Crippen molar-refractivity contribution in [3.05, 3.63) is 65.4 Å². The van der Waals surface area contributed by atoms with Crippen molar-refractivity contribution in [1.82, 2.24) is 10.3 Å². The summed E-state index contributed by atoms with van der Waals surface area (Å²) in [5.41, 5.74) is 4.89. The van der Waals surface area contributed by atoms with E-state index in [0.717, 1.165) is 41.6 Å². The Balaban J connectivity index is 0.00000240. The second-order valence-corrected chi connectivity index (χ2v) is 7.53. The molecular weight excluding hydrogens is 388 g/mol. The van der Waals surface area contributed by atoms with E-state index < -0.39 is 6.10 Å². The highest BCUT2D eigenvalue weighted by Crippen LogP contribution is 2.27. The normalized spacial score (nSPS) is 16.8. The van der Waals surface area contributed by atoms with Crippen molar-refractivity contribution in [3.8, 4) is 5.75 Å². The highest BCUT2D eigenvalue weighted by Gasteiger charge is 2.19. The zero-order valence-electron chi connectivity index (χ0n) is 16.7. The van der Waals surface area contributed by atoms with E-state index in [1.165, 1.54) is 11.1 Å². The van der Waals surface area contributed by atoms with E-state index in [1.807, 2.05) is 24.3 Å². The van der Waals surface area contributed by atoms with Crippen LogP contribution in [0.15, 0.2) is 48.5 Å². The van der Waals surface area contributed by atoms with Gasteiger partial charge in [0.05, 0.1) is 6.61 Å². The van der Waals surface area contributed by atoms with Gasteiger partial charge in [0.2, 0.25) is 0 Å². The van der Waals surface area contributed by atoms with Crippen LogP contribution >= 0.6 is 12.4 Å². The number of H-pyrrole nitrogens is 1. The van der Waals surface area contributed by atoms with Crippen LogP contribution in [-0.2, 0) is 24.2 Å². The van der Waals surface area contributed by atoms with Crippen molar-refractivity contribution in [2.45, 2.75) is 38.0 Å². The standard InChI is InChI=1S/C23H28N2O3.ClH/c1-27-14-19-12-21-22(25-19)7-4-8-23(21)28-15-20(26)13-24-18-10-9-16-5-2-3-6-17(16)11-18;/h2-8,12,18,20,24-26H,9-11,13-15H2,1H3;1H. The summed E-state index contributed by atoms with van der Waals surface area (Å²) in [4.78, 5) is 3.32. The van der Waals surface area contributed by atoms with Gasteiger partial charge in [0.1, 0.15) is 18.5 Å². The van der Waals surface area contributed by atoms with Gasteiger partial charge in [-0.3, -0.25) is 0 Å². The Morgan fingerprint density at radius 1 is 1.17 bits per heavy atom. The summed E-state index contributed by atoms with van der Waals surface area (Å²) in [6.45, 7) is 1.33. The second-order valence-electron chi connectivity index (χ2n) is 7.53. The molecule has 4 rings (SSSR count). The Labute approximate surface area is 177 Å². The molecule has 2 unspecified atom stereocenters. The number of aromatic nitrogens is 1. The fourth-order valence-corrected chi connectivity index (χ4v) is 3.96. The first kappa shape index (κ1) is 21.7.